The first-order valence-electron chi connectivity index (χ1n) is 9.65. The number of amides is 1. The quantitative estimate of drug-likeness (QED) is 0.393. The predicted molar refractivity (Wildman–Crippen MR) is 120 cm³/mol. The standard InChI is InChI=1S/C22H21ClN4O2S/c1-3-27-21(19-12-16-11-17(23)9-10-18(16)29-19)25-26-22(27)30-13-20(28)24-14(2)15-7-5-4-6-8-15/h4-12,14H,3,13H2,1-2H3,(H,24,28). The Morgan fingerprint density at radius 2 is 2.00 bits per heavy atom. The number of hydrogen-bond acceptors (Lipinski definition) is 5. The van der Waals surface area contributed by atoms with Crippen LogP contribution in [0.1, 0.15) is 25.5 Å². The van der Waals surface area contributed by atoms with Crippen molar-refractivity contribution in [3.05, 3.63) is 65.2 Å². The van der Waals surface area contributed by atoms with Crippen molar-refractivity contribution >= 4 is 40.2 Å². The Balaban J connectivity index is 1.46. The lowest BCUT2D eigenvalue weighted by Gasteiger charge is -2.14. The molecule has 0 fully saturated rings. The molecule has 0 aliphatic carbocycles. The molecule has 0 saturated carbocycles. The average molecular weight is 441 g/mol. The molecule has 1 unspecified atom stereocenters. The van der Waals surface area contributed by atoms with Gasteiger partial charge in [-0.05, 0) is 43.7 Å². The van der Waals surface area contributed by atoms with Gasteiger partial charge in [0.1, 0.15) is 5.58 Å². The third kappa shape index (κ3) is 4.37. The van der Waals surface area contributed by atoms with Gasteiger partial charge in [0.15, 0.2) is 10.9 Å². The zero-order valence-corrected chi connectivity index (χ0v) is 18.2. The molecule has 1 amide bonds. The number of rotatable bonds is 7. The first kappa shape index (κ1) is 20.5. The van der Waals surface area contributed by atoms with Crippen LogP contribution in [0.25, 0.3) is 22.6 Å². The molecule has 2 aromatic carbocycles. The maximum Gasteiger partial charge on any atom is 0.230 e. The van der Waals surface area contributed by atoms with E-state index in [0.29, 0.717) is 28.3 Å². The van der Waals surface area contributed by atoms with Crippen molar-refractivity contribution in [1.82, 2.24) is 20.1 Å². The number of fused-ring (bicyclic) bond motifs is 1. The van der Waals surface area contributed by atoms with Crippen LogP contribution in [0, 0.1) is 0 Å². The third-order valence-corrected chi connectivity index (χ3v) is 5.94. The third-order valence-electron chi connectivity index (χ3n) is 4.74. The summed E-state index contributed by atoms with van der Waals surface area (Å²) in [6, 6.07) is 17.2. The number of carbonyl (C=O) groups is 1. The van der Waals surface area contributed by atoms with Gasteiger partial charge in [-0.25, -0.2) is 0 Å². The summed E-state index contributed by atoms with van der Waals surface area (Å²) in [7, 11) is 0. The summed E-state index contributed by atoms with van der Waals surface area (Å²) in [6.45, 7) is 4.64. The summed E-state index contributed by atoms with van der Waals surface area (Å²) in [4.78, 5) is 12.4. The molecule has 0 bridgehead atoms. The molecular formula is C22H21ClN4O2S. The second kappa shape index (κ2) is 8.93. The second-order valence-corrected chi connectivity index (χ2v) is 8.21. The molecule has 1 atom stereocenters. The zero-order chi connectivity index (χ0) is 21.1. The van der Waals surface area contributed by atoms with Crippen LogP contribution in [0.5, 0.6) is 0 Å². The average Bonchev–Trinajstić information content (AvgIpc) is 3.35. The van der Waals surface area contributed by atoms with Crippen molar-refractivity contribution in [3.8, 4) is 11.6 Å². The van der Waals surface area contributed by atoms with Crippen LogP contribution in [-0.4, -0.2) is 26.4 Å². The minimum Gasteiger partial charge on any atom is -0.453 e. The van der Waals surface area contributed by atoms with E-state index in [1.807, 2.05) is 66.9 Å². The summed E-state index contributed by atoms with van der Waals surface area (Å²) < 4.78 is 7.86. The van der Waals surface area contributed by atoms with Crippen LogP contribution < -0.4 is 5.32 Å². The number of nitrogens with one attached hydrogen (secondary N) is 1. The molecular weight excluding hydrogens is 420 g/mol. The summed E-state index contributed by atoms with van der Waals surface area (Å²) in [6.07, 6.45) is 0. The largest absolute Gasteiger partial charge is 0.453 e. The maximum absolute atomic E-state index is 12.4. The molecule has 4 aromatic rings. The highest BCUT2D eigenvalue weighted by Crippen LogP contribution is 2.30. The molecule has 0 aliphatic heterocycles. The van der Waals surface area contributed by atoms with Crippen LogP contribution in [0.15, 0.2) is 64.2 Å². The van der Waals surface area contributed by atoms with Crippen LogP contribution in [0.2, 0.25) is 5.02 Å². The van der Waals surface area contributed by atoms with Gasteiger partial charge in [0.05, 0.1) is 11.8 Å². The Morgan fingerprint density at radius 3 is 2.77 bits per heavy atom. The molecule has 0 saturated heterocycles. The molecule has 1 N–H and O–H groups in total. The first-order valence-corrected chi connectivity index (χ1v) is 11.0. The van der Waals surface area contributed by atoms with Gasteiger partial charge in [0.2, 0.25) is 11.7 Å². The minimum absolute atomic E-state index is 0.0538. The SMILES string of the molecule is CCn1c(SCC(=O)NC(C)c2ccccc2)nnc1-c1cc2cc(Cl)ccc2o1. The van der Waals surface area contributed by atoms with E-state index in [1.165, 1.54) is 11.8 Å². The van der Waals surface area contributed by atoms with E-state index in [0.717, 1.165) is 16.5 Å². The van der Waals surface area contributed by atoms with Gasteiger partial charge in [-0.1, -0.05) is 53.7 Å². The second-order valence-electron chi connectivity index (χ2n) is 6.83. The van der Waals surface area contributed by atoms with Crippen molar-refractivity contribution in [2.45, 2.75) is 31.6 Å². The maximum atomic E-state index is 12.4. The number of halogens is 1. The normalized spacial score (nSPS) is 12.2. The van der Waals surface area contributed by atoms with Crippen molar-refractivity contribution in [2.75, 3.05) is 5.75 Å². The monoisotopic (exact) mass is 440 g/mol. The van der Waals surface area contributed by atoms with E-state index < -0.39 is 0 Å². The summed E-state index contributed by atoms with van der Waals surface area (Å²) in [5.41, 5.74) is 1.81. The Labute approximate surface area is 183 Å². The molecule has 8 heteroatoms. The summed E-state index contributed by atoms with van der Waals surface area (Å²) in [5, 5.41) is 13.8. The fraction of sp³-hybridized carbons (Fsp3) is 0.227. The lowest BCUT2D eigenvalue weighted by molar-refractivity contribution is -0.119. The zero-order valence-electron chi connectivity index (χ0n) is 16.6. The van der Waals surface area contributed by atoms with Gasteiger partial charge >= 0.3 is 0 Å². The van der Waals surface area contributed by atoms with E-state index in [4.69, 9.17) is 16.0 Å². The number of aromatic nitrogens is 3. The van der Waals surface area contributed by atoms with Crippen LogP contribution in [0.3, 0.4) is 0 Å². The van der Waals surface area contributed by atoms with Crippen molar-refractivity contribution in [2.24, 2.45) is 0 Å². The number of benzene rings is 2. The van der Waals surface area contributed by atoms with E-state index in [9.17, 15) is 4.79 Å². The van der Waals surface area contributed by atoms with Gasteiger partial charge in [-0.3, -0.25) is 9.36 Å². The lowest BCUT2D eigenvalue weighted by atomic mass is 10.1. The highest BCUT2D eigenvalue weighted by molar-refractivity contribution is 7.99. The smallest absolute Gasteiger partial charge is 0.230 e. The van der Waals surface area contributed by atoms with Crippen molar-refractivity contribution < 1.29 is 9.21 Å². The number of furan rings is 1. The fourth-order valence-corrected chi connectivity index (χ4v) is 4.22. The molecule has 154 valence electrons. The highest BCUT2D eigenvalue weighted by Gasteiger charge is 2.18. The molecule has 0 aliphatic rings. The molecule has 0 radical (unpaired) electrons. The molecule has 6 nitrogen and oxygen atoms in total. The Kier molecular flexibility index (Phi) is 6.11. The van der Waals surface area contributed by atoms with Crippen LogP contribution in [-0.2, 0) is 11.3 Å². The topological polar surface area (TPSA) is 73.0 Å². The van der Waals surface area contributed by atoms with Gasteiger partial charge in [-0.15, -0.1) is 10.2 Å². The number of nitrogens with zero attached hydrogens (tertiary/aromatic N) is 3. The van der Waals surface area contributed by atoms with Gasteiger partial charge < -0.3 is 9.73 Å². The molecule has 4 rings (SSSR count). The number of thioether (sulfide) groups is 1. The number of hydrogen-bond donors (Lipinski definition) is 1. The Bertz CT molecular complexity index is 1170. The van der Waals surface area contributed by atoms with Crippen LogP contribution in [0.4, 0.5) is 0 Å². The van der Waals surface area contributed by atoms with Gasteiger partial charge in [0.25, 0.3) is 0 Å². The van der Waals surface area contributed by atoms with E-state index in [-0.39, 0.29) is 17.7 Å². The highest BCUT2D eigenvalue weighted by atomic mass is 35.5. The molecule has 0 spiro atoms. The van der Waals surface area contributed by atoms with Crippen molar-refractivity contribution in [1.29, 1.82) is 0 Å². The fourth-order valence-electron chi connectivity index (χ4n) is 3.23. The molecule has 2 aromatic heterocycles. The molecule has 2 heterocycles. The number of carbonyl (C=O) groups excluding carboxylic acids is 1. The summed E-state index contributed by atoms with van der Waals surface area (Å²) in [5.74, 6) is 1.45. The van der Waals surface area contributed by atoms with Gasteiger partial charge in [-0.2, -0.15) is 0 Å². The summed E-state index contributed by atoms with van der Waals surface area (Å²) >= 11 is 7.42. The van der Waals surface area contributed by atoms with Crippen molar-refractivity contribution in [3.63, 3.8) is 0 Å². The Hall–Kier alpha value is -2.77. The van der Waals surface area contributed by atoms with E-state index in [1.54, 1.807) is 6.07 Å². The lowest BCUT2D eigenvalue weighted by Crippen LogP contribution is -2.28. The predicted octanol–water partition coefficient (Wildman–Crippen LogP) is 5.33. The minimum atomic E-state index is -0.0544. The van der Waals surface area contributed by atoms with E-state index >= 15 is 0 Å². The molecule has 30 heavy (non-hydrogen) atoms. The van der Waals surface area contributed by atoms with Crippen LogP contribution >= 0.6 is 23.4 Å². The van der Waals surface area contributed by atoms with Gasteiger partial charge in [0, 0.05) is 17.0 Å². The Morgan fingerprint density at radius 1 is 1.20 bits per heavy atom. The first-order chi connectivity index (χ1) is 14.5. The van der Waals surface area contributed by atoms with E-state index in [2.05, 4.69) is 15.5 Å².